The minimum absolute atomic E-state index is 0.0536. The van der Waals surface area contributed by atoms with Gasteiger partial charge in [0.2, 0.25) is 0 Å². The number of methoxy groups -OCH3 is 1. The fourth-order valence-corrected chi connectivity index (χ4v) is 3.93. The first-order chi connectivity index (χ1) is 18.2. The number of nitrogens with one attached hydrogen (secondary N) is 2. The molecule has 5 amide bonds. The minimum atomic E-state index is -0.925. The number of aromatic hydroxyl groups is 1. The lowest BCUT2D eigenvalue weighted by molar-refractivity contribution is -0.122. The zero-order valence-electron chi connectivity index (χ0n) is 20.3. The highest BCUT2D eigenvalue weighted by atomic mass is 35.5. The monoisotopic (exact) mass is 535 g/mol. The van der Waals surface area contributed by atoms with Gasteiger partial charge in [-0.05, 0) is 66.6 Å². The van der Waals surface area contributed by atoms with Gasteiger partial charge in [0.15, 0.2) is 18.1 Å². The number of ether oxygens (including phenoxy) is 2. The maximum absolute atomic E-state index is 13.1. The lowest BCUT2D eigenvalue weighted by atomic mass is 10.1. The molecule has 0 bridgehead atoms. The second-order valence-electron chi connectivity index (χ2n) is 8.16. The number of carbonyl (C=O) groups excluding carboxylic acids is 4. The molecule has 1 aliphatic heterocycles. The third-order valence-corrected chi connectivity index (χ3v) is 5.82. The van der Waals surface area contributed by atoms with Gasteiger partial charge >= 0.3 is 6.03 Å². The maximum atomic E-state index is 13.1. The second kappa shape index (κ2) is 11.1. The fourth-order valence-electron chi connectivity index (χ4n) is 3.66. The van der Waals surface area contributed by atoms with Gasteiger partial charge < -0.3 is 19.9 Å². The molecule has 38 heavy (non-hydrogen) atoms. The number of phenolic OH excluding ortho intramolecular Hbond substituents is 1. The standard InChI is InChI=1S/C27H22ClN3O7/c1-15-5-3-4-6-21(15)29-23(33)14-38-24-20(28)12-16(13-22(24)37-2)11-19-25(34)30-27(36)31(26(19)35)17-7-9-18(32)10-8-17/h3-13,32H,14H2,1-2H3,(H,29,33)(H,30,34,36)/b19-11-. The van der Waals surface area contributed by atoms with Gasteiger partial charge in [0, 0.05) is 5.69 Å². The number of barbiturate groups is 1. The summed E-state index contributed by atoms with van der Waals surface area (Å²) in [6, 6.07) is 14.6. The number of para-hydroxylation sites is 1. The van der Waals surface area contributed by atoms with Crippen molar-refractivity contribution in [3.05, 3.63) is 82.4 Å². The van der Waals surface area contributed by atoms with E-state index < -0.39 is 23.8 Å². The Morgan fingerprint density at radius 2 is 1.82 bits per heavy atom. The molecule has 0 aromatic heterocycles. The van der Waals surface area contributed by atoms with Crippen LogP contribution in [0.2, 0.25) is 5.02 Å². The molecule has 0 unspecified atom stereocenters. The van der Waals surface area contributed by atoms with E-state index in [0.29, 0.717) is 11.3 Å². The SMILES string of the molecule is COc1cc(/C=C2/C(=O)NC(=O)N(c3ccc(O)cc3)C2=O)cc(Cl)c1OCC(=O)Nc1ccccc1C. The number of carbonyl (C=O) groups is 4. The molecule has 0 aliphatic carbocycles. The Labute approximate surface area is 222 Å². The highest BCUT2D eigenvalue weighted by Crippen LogP contribution is 2.37. The van der Waals surface area contributed by atoms with E-state index in [1.165, 1.54) is 49.6 Å². The average molecular weight is 536 g/mol. The number of rotatable bonds is 7. The molecule has 3 N–H and O–H groups in total. The average Bonchev–Trinajstić information content (AvgIpc) is 2.88. The molecular weight excluding hydrogens is 514 g/mol. The predicted octanol–water partition coefficient (Wildman–Crippen LogP) is 4.05. The van der Waals surface area contributed by atoms with Crippen molar-refractivity contribution in [3.63, 3.8) is 0 Å². The molecule has 1 aliphatic rings. The summed E-state index contributed by atoms with van der Waals surface area (Å²) in [5.74, 6) is -1.97. The van der Waals surface area contributed by atoms with Crippen molar-refractivity contribution < 1.29 is 33.8 Å². The lowest BCUT2D eigenvalue weighted by Crippen LogP contribution is -2.54. The van der Waals surface area contributed by atoms with Crippen LogP contribution in [0, 0.1) is 6.92 Å². The zero-order chi connectivity index (χ0) is 27.4. The number of urea groups is 1. The summed E-state index contributed by atoms with van der Waals surface area (Å²) in [4.78, 5) is 51.1. The Kier molecular flexibility index (Phi) is 7.63. The Morgan fingerprint density at radius 3 is 2.50 bits per heavy atom. The van der Waals surface area contributed by atoms with Gasteiger partial charge in [-0.15, -0.1) is 0 Å². The topological polar surface area (TPSA) is 134 Å². The Morgan fingerprint density at radius 1 is 1.11 bits per heavy atom. The summed E-state index contributed by atoms with van der Waals surface area (Å²) in [6.07, 6.45) is 1.25. The van der Waals surface area contributed by atoms with Crippen LogP contribution >= 0.6 is 11.6 Å². The van der Waals surface area contributed by atoms with Gasteiger partial charge in [-0.2, -0.15) is 0 Å². The van der Waals surface area contributed by atoms with Crippen molar-refractivity contribution in [1.82, 2.24) is 5.32 Å². The number of halogens is 1. The number of aryl methyl sites for hydroxylation is 1. The van der Waals surface area contributed by atoms with Crippen molar-refractivity contribution in [3.8, 4) is 17.2 Å². The van der Waals surface area contributed by atoms with Crippen LogP contribution in [0.25, 0.3) is 6.08 Å². The van der Waals surface area contributed by atoms with Crippen LogP contribution in [-0.4, -0.2) is 42.6 Å². The summed E-state index contributed by atoms with van der Waals surface area (Å²) in [5.41, 5.74) is 1.67. The number of imide groups is 2. The molecule has 194 valence electrons. The molecule has 1 saturated heterocycles. The molecule has 1 fully saturated rings. The van der Waals surface area contributed by atoms with Crippen molar-refractivity contribution in [1.29, 1.82) is 0 Å². The van der Waals surface area contributed by atoms with E-state index in [1.807, 2.05) is 19.1 Å². The molecule has 0 spiro atoms. The van der Waals surface area contributed by atoms with Crippen LogP contribution in [0.5, 0.6) is 17.2 Å². The number of anilines is 2. The van der Waals surface area contributed by atoms with E-state index in [4.69, 9.17) is 21.1 Å². The van der Waals surface area contributed by atoms with E-state index in [0.717, 1.165) is 10.5 Å². The van der Waals surface area contributed by atoms with Crippen LogP contribution in [0.15, 0.2) is 66.2 Å². The van der Waals surface area contributed by atoms with Crippen molar-refractivity contribution in [2.45, 2.75) is 6.92 Å². The van der Waals surface area contributed by atoms with Gasteiger partial charge in [-0.3, -0.25) is 19.7 Å². The Balaban J connectivity index is 1.56. The van der Waals surface area contributed by atoms with Gasteiger partial charge in [0.25, 0.3) is 17.7 Å². The quantitative estimate of drug-likeness (QED) is 0.307. The third kappa shape index (κ3) is 5.60. The first kappa shape index (κ1) is 26.2. The number of hydrogen-bond acceptors (Lipinski definition) is 7. The number of nitrogens with zero attached hydrogens (tertiary/aromatic N) is 1. The van der Waals surface area contributed by atoms with Gasteiger partial charge in [-0.25, -0.2) is 9.69 Å². The van der Waals surface area contributed by atoms with E-state index in [2.05, 4.69) is 10.6 Å². The van der Waals surface area contributed by atoms with E-state index in [9.17, 15) is 24.3 Å². The van der Waals surface area contributed by atoms with Crippen molar-refractivity contribution in [2.24, 2.45) is 0 Å². The molecule has 0 radical (unpaired) electrons. The van der Waals surface area contributed by atoms with Crippen LogP contribution in [-0.2, 0) is 14.4 Å². The number of amides is 5. The normalized spacial score (nSPS) is 14.3. The highest BCUT2D eigenvalue weighted by molar-refractivity contribution is 6.39. The first-order valence-electron chi connectivity index (χ1n) is 11.2. The van der Waals surface area contributed by atoms with E-state index >= 15 is 0 Å². The van der Waals surface area contributed by atoms with E-state index in [-0.39, 0.29) is 40.1 Å². The van der Waals surface area contributed by atoms with Crippen molar-refractivity contribution >= 4 is 52.8 Å². The molecule has 3 aromatic carbocycles. The largest absolute Gasteiger partial charge is 0.508 e. The Bertz CT molecular complexity index is 1470. The highest BCUT2D eigenvalue weighted by Gasteiger charge is 2.37. The van der Waals surface area contributed by atoms with Crippen LogP contribution < -0.4 is 25.0 Å². The van der Waals surface area contributed by atoms with Crippen LogP contribution in [0.1, 0.15) is 11.1 Å². The maximum Gasteiger partial charge on any atom is 0.335 e. The zero-order valence-corrected chi connectivity index (χ0v) is 21.0. The minimum Gasteiger partial charge on any atom is -0.508 e. The number of hydrogen-bond donors (Lipinski definition) is 3. The predicted molar refractivity (Wildman–Crippen MR) is 140 cm³/mol. The summed E-state index contributed by atoms with van der Waals surface area (Å²) in [5, 5.41) is 14.4. The van der Waals surface area contributed by atoms with Crippen LogP contribution in [0.4, 0.5) is 16.2 Å². The third-order valence-electron chi connectivity index (χ3n) is 5.54. The van der Waals surface area contributed by atoms with Crippen molar-refractivity contribution in [2.75, 3.05) is 23.9 Å². The molecular formula is C27H22ClN3O7. The fraction of sp³-hybridized carbons (Fsp3) is 0.111. The second-order valence-corrected chi connectivity index (χ2v) is 8.57. The summed E-state index contributed by atoms with van der Waals surface area (Å²) in [6.45, 7) is 1.51. The molecule has 4 rings (SSSR count). The lowest BCUT2D eigenvalue weighted by Gasteiger charge is -2.26. The molecule has 0 atom stereocenters. The first-order valence-corrected chi connectivity index (χ1v) is 11.6. The molecule has 11 heteroatoms. The Hall–Kier alpha value is -4.83. The molecule has 3 aromatic rings. The summed E-state index contributed by atoms with van der Waals surface area (Å²) < 4.78 is 11.0. The molecule has 0 saturated carbocycles. The smallest absolute Gasteiger partial charge is 0.335 e. The summed E-state index contributed by atoms with van der Waals surface area (Å²) in [7, 11) is 1.37. The molecule has 1 heterocycles. The van der Waals surface area contributed by atoms with Gasteiger partial charge in [0.1, 0.15) is 11.3 Å². The van der Waals surface area contributed by atoms with Gasteiger partial charge in [-0.1, -0.05) is 29.8 Å². The van der Waals surface area contributed by atoms with Crippen LogP contribution in [0.3, 0.4) is 0 Å². The number of phenols is 1. The van der Waals surface area contributed by atoms with E-state index in [1.54, 1.807) is 12.1 Å². The number of benzene rings is 3. The molecule has 10 nitrogen and oxygen atoms in total. The van der Waals surface area contributed by atoms with Gasteiger partial charge in [0.05, 0.1) is 17.8 Å². The summed E-state index contributed by atoms with van der Waals surface area (Å²) >= 11 is 6.40.